The number of nitrogens with one attached hydrogen (secondary N) is 1. The summed E-state index contributed by atoms with van der Waals surface area (Å²) in [7, 11) is 1.48. The maximum Gasteiger partial charge on any atom is 0.326 e. The second-order valence-electron chi connectivity index (χ2n) is 6.31. The Labute approximate surface area is 167 Å². The Hall–Kier alpha value is -3.68. The van der Waals surface area contributed by atoms with Gasteiger partial charge < -0.3 is 14.8 Å². The molecule has 1 heterocycles. The van der Waals surface area contributed by atoms with Crippen molar-refractivity contribution in [1.82, 2.24) is 0 Å². The van der Waals surface area contributed by atoms with Crippen LogP contribution in [0.25, 0.3) is 0 Å². The van der Waals surface area contributed by atoms with Crippen molar-refractivity contribution in [2.45, 2.75) is 19.4 Å². The Morgan fingerprint density at radius 2 is 1.76 bits per heavy atom. The van der Waals surface area contributed by atoms with Crippen LogP contribution in [-0.4, -0.2) is 43.3 Å². The van der Waals surface area contributed by atoms with Crippen LogP contribution in [-0.2, 0) is 19.1 Å². The lowest BCUT2D eigenvalue weighted by Crippen LogP contribution is -2.39. The number of carbonyl (C=O) groups is 4. The number of carbonyl (C=O) groups excluding carboxylic acids is 4. The molecule has 0 saturated heterocycles. The van der Waals surface area contributed by atoms with Crippen LogP contribution in [0.2, 0.25) is 0 Å². The van der Waals surface area contributed by atoms with Crippen molar-refractivity contribution in [3.63, 3.8) is 0 Å². The number of ketones is 1. The third-order valence-corrected chi connectivity index (χ3v) is 4.47. The molecule has 1 N–H and O–H groups in total. The third-order valence-electron chi connectivity index (χ3n) is 4.47. The van der Waals surface area contributed by atoms with Gasteiger partial charge in [0.2, 0.25) is 0 Å². The van der Waals surface area contributed by atoms with Gasteiger partial charge in [0.05, 0.1) is 24.0 Å². The Morgan fingerprint density at radius 1 is 1.07 bits per heavy atom. The molecule has 3 rings (SSSR count). The van der Waals surface area contributed by atoms with E-state index in [9.17, 15) is 19.2 Å². The minimum Gasteiger partial charge on any atom is -0.495 e. The van der Waals surface area contributed by atoms with E-state index in [0.717, 1.165) is 4.90 Å². The van der Waals surface area contributed by atoms with Crippen LogP contribution < -0.4 is 15.0 Å². The summed E-state index contributed by atoms with van der Waals surface area (Å²) in [5.41, 5.74) is 1.04. The lowest BCUT2D eigenvalue weighted by molar-refractivity contribution is -0.153. The number of rotatable bonds is 7. The first-order valence-electron chi connectivity index (χ1n) is 9.04. The normalized spacial score (nSPS) is 13.7. The molecule has 8 heteroatoms. The summed E-state index contributed by atoms with van der Waals surface area (Å²) in [6.45, 7) is 1.24. The lowest BCUT2D eigenvalue weighted by atomic mass is 10.1. The molecule has 0 unspecified atom stereocenters. The average Bonchev–Trinajstić information content (AvgIpc) is 2.97. The highest BCUT2D eigenvalue weighted by molar-refractivity contribution is 6.52. The zero-order chi connectivity index (χ0) is 21.0. The number of hydrogen-bond acceptors (Lipinski definition) is 6. The molecule has 0 spiro atoms. The minimum absolute atomic E-state index is 0.232. The van der Waals surface area contributed by atoms with Gasteiger partial charge in [-0.3, -0.25) is 24.1 Å². The van der Waals surface area contributed by atoms with Crippen molar-refractivity contribution in [2.75, 3.05) is 23.9 Å². The Bertz CT molecular complexity index is 971. The molecule has 8 nitrogen and oxygen atoms in total. The number of hydrogen-bond donors (Lipinski definition) is 1. The topological polar surface area (TPSA) is 102 Å². The summed E-state index contributed by atoms with van der Waals surface area (Å²) in [5, 5.41) is 2.67. The Balaban J connectivity index is 1.67. The lowest BCUT2D eigenvalue weighted by Gasteiger charge is -2.20. The minimum atomic E-state index is -1.06. The van der Waals surface area contributed by atoms with Crippen molar-refractivity contribution in [3.8, 4) is 5.75 Å². The van der Waals surface area contributed by atoms with Gasteiger partial charge in [-0.1, -0.05) is 31.2 Å². The molecule has 1 aliphatic rings. The van der Waals surface area contributed by atoms with E-state index in [1.807, 2.05) is 0 Å². The molecular weight excluding hydrogens is 376 g/mol. The predicted molar refractivity (Wildman–Crippen MR) is 105 cm³/mol. The van der Waals surface area contributed by atoms with E-state index < -0.39 is 36.2 Å². The molecule has 0 bridgehead atoms. The molecule has 150 valence electrons. The largest absolute Gasteiger partial charge is 0.495 e. The summed E-state index contributed by atoms with van der Waals surface area (Å²) in [6.07, 6.45) is -0.827. The molecule has 2 aromatic carbocycles. The van der Waals surface area contributed by atoms with Crippen LogP contribution in [0.5, 0.6) is 5.75 Å². The zero-order valence-electron chi connectivity index (χ0n) is 16.0. The standard InChI is InChI=1S/C21H20N2O6/c1-3-16(20(26)22-14-9-5-7-11-17(14)28-2)29-18(24)12-23-15-10-6-4-8-13(15)19(25)21(23)27/h4-11,16H,3,12H2,1-2H3,(H,22,26)/t16-/m1/s1. The van der Waals surface area contributed by atoms with Crippen molar-refractivity contribution < 1.29 is 28.7 Å². The number of fused-ring (bicyclic) bond motifs is 1. The van der Waals surface area contributed by atoms with Gasteiger partial charge in [0.25, 0.3) is 17.6 Å². The van der Waals surface area contributed by atoms with Crippen molar-refractivity contribution in [1.29, 1.82) is 0 Å². The second-order valence-corrected chi connectivity index (χ2v) is 6.31. The Kier molecular flexibility index (Phi) is 5.92. The van der Waals surface area contributed by atoms with E-state index in [2.05, 4.69) is 5.32 Å². The van der Waals surface area contributed by atoms with Gasteiger partial charge in [-0.05, 0) is 30.7 Å². The highest BCUT2D eigenvalue weighted by Crippen LogP contribution is 2.28. The summed E-state index contributed by atoms with van der Waals surface area (Å²) < 4.78 is 10.5. The van der Waals surface area contributed by atoms with Gasteiger partial charge in [0.1, 0.15) is 12.3 Å². The monoisotopic (exact) mass is 396 g/mol. The van der Waals surface area contributed by atoms with Gasteiger partial charge in [-0.2, -0.15) is 0 Å². The third kappa shape index (κ3) is 4.11. The van der Waals surface area contributed by atoms with Crippen LogP contribution in [0, 0.1) is 0 Å². The molecule has 0 saturated carbocycles. The van der Waals surface area contributed by atoms with E-state index in [1.165, 1.54) is 13.2 Å². The zero-order valence-corrected chi connectivity index (χ0v) is 16.0. The number of nitrogens with zero attached hydrogens (tertiary/aromatic N) is 1. The van der Waals surface area contributed by atoms with Gasteiger partial charge in [0, 0.05) is 0 Å². The summed E-state index contributed by atoms with van der Waals surface area (Å²) in [6, 6.07) is 13.3. The average molecular weight is 396 g/mol. The first-order valence-corrected chi connectivity index (χ1v) is 9.04. The van der Waals surface area contributed by atoms with Crippen LogP contribution in [0.15, 0.2) is 48.5 Å². The maximum atomic E-state index is 12.5. The highest BCUT2D eigenvalue weighted by Gasteiger charge is 2.37. The smallest absolute Gasteiger partial charge is 0.326 e. The van der Waals surface area contributed by atoms with Crippen LogP contribution in [0.1, 0.15) is 23.7 Å². The fraction of sp³-hybridized carbons (Fsp3) is 0.238. The quantitative estimate of drug-likeness (QED) is 0.569. The van der Waals surface area contributed by atoms with Crippen LogP contribution >= 0.6 is 0 Å². The van der Waals surface area contributed by atoms with Gasteiger partial charge in [0.15, 0.2) is 6.10 Å². The summed E-state index contributed by atoms with van der Waals surface area (Å²) in [5.74, 6) is -2.30. The molecule has 2 aromatic rings. The second kappa shape index (κ2) is 8.55. The van der Waals surface area contributed by atoms with E-state index in [4.69, 9.17) is 9.47 Å². The SMILES string of the molecule is CC[C@@H](OC(=O)CN1C(=O)C(=O)c2ccccc21)C(=O)Nc1ccccc1OC. The molecule has 0 aromatic heterocycles. The van der Waals surface area contributed by atoms with E-state index in [1.54, 1.807) is 49.4 Å². The molecule has 29 heavy (non-hydrogen) atoms. The first-order chi connectivity index (χ1) is 14.0. The molecule has 1 aliphatic heterocycles. The Morgan fingerprint density at radius 3 is 2.48 bits per heavy atom. The predicted octanol–water partition coefficient (Wildman–Crippen LogP) is 2.18. The molecular formula is C21H20N2O6. The van der Waals surface area contributed by atoms with Crippen molar-refractivity contribution >= 4 is 34.9 Å². The molecule has 0 radical (unpaired) electrons. The number of methoxy groups -OCH3 is 1. The number of esters is 1. The van der Waals surface area contributed by atoms with Crippen LogP contribution in [0.4, 0.5) is 11.4 Å². The fourth-order valence-electron chi connectivity index (χ4n) is 3.01. The van der Waals surface area contributed by atoms with Gasteiger partial charge in [-0.25, -0.2) is 0 Å². The molecule has 2 amide bonds. The first kappa shape index (κ1) is 20.1. The highest BCUT2D eigenvalue weighted by atomic mass is 16.5. The van der Waals surface area contributed by atoms with E-state index >= 15 is 0 Å². The van der Waals surface area contributed by atoms with Gasteiger partial charge >= 0.3 is 5.97 Å². The number of Topliss-reactive ketones (excluding diaryl/α,β-unsaturated/α-hetero) is 1. The number of para-hydroxylation sites is 3. The number of anilines is 2. The number of ether oxygens (including phenoxy) is 2. The van der Waals surface area contributed by atoms with Crippen molar-refractivity contribution in [3.05, 3.63) is 54.1 Å². The summed E-state index contributed by atoms with van der Waals surface area (Å²) >= 11 is 0. The van der Waals surface area contributed by atoms with Gasteiger partial charge in [-0.15, -0.1) is 0 Å². The molecule has 0 fully saturated rings. The molecule has 1 atom stereocenters. The van der Waals surface area contributed by atoms with Crippen LogP contribution in [0.3, 0.4) is 0 Å². The van der Waals surface area contributed by atoms with Crippen molar-refractivity contribution in [2.24, 2.45) is 0 Å². The maximum absolute atomic E-state index is 12.5. The molecule has 0 aliphatic carbocycles. The van der Waals surface area contributed by atoms with E-state index in [-0.39, 0.29) is 12.0 Å². The number of benzene rings is 2. The fourth-order valence-corrected chi connectivity index (χ4v) is 3.01. The number of amides is 2. The summed E-state index contributed by atoms with van der Waals surface area (Å²) in [4.78, 5) is 50.2. The van der Waals surface area contributed by atoms with E-state index in [0.29, 0.717) is 17.1 Å².